The largest absolute Gasteiger partial charge is 0.511 e. The monoisotopic (exact) mass is 344 g/mol. The number of aliphatic hydroxyl groups is 1. The zero-order valence-corrected chi connectivity index (χ0v) is 15.9. The second-order valence-electron chi connectivity index (χ2n) is 6.98. The van der Waals surface area contributed by atoms with Crippen molar-refractivity contribution in [3.8, 4) is 0 Å². The number of carbonyl (C=O) groups excluding carboxylic acids is 2. The highest BCUT2D eigenvalue weighted by atomic mass is 16.5. The first-order valence-corrected chi connectivity index (χ1v) is 8.88. The van der Waals surface area contributed by atoms with E-state index in [-0.39, 0.29) is 35.2 Å². The number of allylic oxidation sites excluding steroid dienone is 2. The summed E-state index contributed by atoms with van der Waals surface area (Å²) < 4.78 is 5.32. The van der Waals surface area contributed by atoms with Crippen molar-refractivity contribution in [2.45, 2.75) is 65.9 Å². The smallest absolute Gasteiger partial charge is 0.170 e. The highest BCUT2D eigenvalue weighted by molar-refractivity contribution is 6.21. The van der Waals surface area contributed by atoms with Crippen LogP contribution in [0.15, 0.2) is 17.4 Å². The van der Waals surface area contributed by atoms with E-state index in [1.807, 2.05) is 20.8 Å². The Labute approximate surface area is 149 Å². The maximum absolute atomic E-state index is 12.5. The number of aliphatic hydroxyl groups excluding tert-OH is 1. The molecule has 4 nitrogen and oxygen atoms in total. The van der Waals surface area contributed by atoms with Gasteiger partial charge in [-0.25, -0.2) is 0 Å². The Balaban J connectivity index is 2.44. The number of Topliss-reactive ketones (excluding diaryl/α,β-unsaturated/α-hetero) is 2. The molecule has 25 heavy (non-hydrogen) atoms. The minimum atomic E-state index is -0.236. The topological polar surface area (TPSA) is 63.6 Å². The molecule has 1 atom stereocenters. The van der Waals surface area contributed by atoms with Crippen molar-refractivity contribution in [1.29, 1.82) is 0 Å². The third-order valence-electron chi connectivity index (χ3n) is 5.08. The van der Waals surface area contributed by atoms with Gasteiger partial charge < -0.3 is 9.84 Å². The Morgan fingerprint density at radius 3 is 2.48 bits per heavy atom. The van der Waals surface area contributed by atoms with Crippen LogP contribution in [0.5, 0.6) is 0 Å². The van der Waals surface area contributed by atoms with Gasteiger partial charge >= 0.3 is 0 Å². The van der Waals surface area contributed by atoms with Crippen LogP contribution in [0.3, 0.4) is 0 Å². The molecule has 1 aromatic carbocycles. The van der Waals surface area contributed by atoms with Crippen molar-refractivity contribution < 1.29 is 19.4 Å². The number of methoxy groups -OCH3 is 1. The van der Waals surface area contributed by atoms with Gasteiger partial charge in [-0.2, -0.15) is 0 Å². The molecule has 0 heterocycles. The van der Waals surface area contributed by atoms with Crippen molar-refractivity contribution in [1.82, 2.24) is 0 Å². The lowest BCUT2D eigenvalue weighted by atomic mass is 9.77. The number of aryl methyl sites for hydroxylation is 2. The van der Waals surface area contributed by atoms with Crippen LogP contribution in [0.1, 0.15) is 66.3 Å². The molecule has 1 N–H and O–H groups in total. The molecule has 0 aromatic heterocycles. The van der Waals surface area contributed by atoms with Gasteiger partial charge in [0.15, 0.2) is 11.6 Å². The molecule has 0 saturated carbocycles. The lowest BCUT2D eigenvalue weighted by Gasteiger charge is -2.27. The molecule has 1 unspecified atom stereocenters. The molecule has 4 heteroatoms. The van der Waals surface area contributed by atoms with Crippen LogP contribution in [-0.4, -0.2) is 23.8 Å². The normalized spacial score (nSPS) is 18.0. The summed E-state index contributed by atoms with van der Waals surface area (Å²) in [6.07, 6.45) is 1.58. The highest BCUT2D eigenvalue weighted by Crippen LogP contribution is 2.39. The third kappa shape index (κ3) is 3.84. The van der Waals surface area contributed by atoms with Crippen molar-refractivity contribution >= 4 is 11.6 Å². The first kappa shape index (κ1) is 19.4. The van der Waals surface area contributed by atoms with Crippen molar-refractivity contribution in [3.05, 3.63) is 45.2 Å². The number of benzene rings is 1. The molecule has 0 fully saturated rings. The van der Waals surface area contributed by atoms with Crippen LogP contribution in [0.25, 0.3) is 0 Å². The minimum absolute atomic E-state index is 0.0256. The maximum Gasteiger partial charge on any atom is 0.170 e. The molecule has 2 rings (SSSR count). The lowest BCUT2D eigenvalue weighted by Crippen LogP contribution is -2.24. The fourth-order valence-electron chi connectivity index (χ4n) is 4.01. The molecule has 136 valence electrons. The van der Waals surface area contributed by atoms with Gasteiger partial charge in [0, 0.05) is 26.4 Å². The molecule has 0 radical (unpaired) electrons. The number of rotatable bonds is 6. The molecule has 0 aliphatic heterocycles. The molecule has 1 aromatic rings. The van der Waals surface area contributed by atoms with Gasteiger partial charge in [-0.1, -0.05) is 13.0 Å². The average Bonchev–Trinajstić information content (AvgIpc) is 2.51. The predicted octanol–water partition coefficient (Wildman–Crippen LogP) is 4.39. The molecular formula is C21H28O4. The number of ether oxygens (including phenoxy) is 1. The van der Waals surface area contributed by atoms with Gasteiger partial charge in [-0.3, -0.25) is 9.59 Å². The molecular weight excluding hydrogens is 316 g/mol. The van der Waals surface area contributed by atoms with Crippen molar-refractivity contribution in [2.24, 2.45) is 0 Å². The van der Waals surface area contributed by atoms with Gasteiger partial charge in [0.25, 0.3) is 0 Å². The number of carbonyl (C=O) groups is 2. The van der Waals surface area contributed by atoms with Gasteiger partial charge in [0.1, 0.15) is 5.76 Å². The number of hydrogen-bond acceptors (Lipinski definition) is 4. The Morgan fingerprint density at radius 2 is 1.92 bits per heavy atom. The van der Waals surface area contributed by atoms with Crippen LogP contribution < -0.4 is 0 Å². The van der Waals surface area contributed by atoms with Gasteiger partial charge in [0.2, 0.25) is 0 Å². The number of ketones is 2. The summed E-state index contributed by atoms with van der Waals surface area (Å²) in [5, 5.41) is 10.4. The van der Waals surface area contributed by atoms with E-state index in [1.54, 1.807) is 7.11 Å². The zero-order chi connectivity index (χ0) is 18.7. The van der Waals surface area contributed by atoms with E-state index in [0.29, 0.717) is 25.9 Å². The third-order valence-corrected chi connectivity index (χ3v) is 5.08. The first-order chi connectivity index (χ1) is 11.8. The predicted molar refractivity (Wildman–Crippen MR) is 97.9 cm³/mol. The molecule has 1 aliphatic carbocycles. The van der Waals surface area contributed by atoms with Crippen LogP contribution in [0, 0.1) is 20.8 Å². The standard InChI is InChI=1S/C21H28O4/c1-6-7-17(22)21-18(23)9-15(10-19(21)24)20-13(3)8-12(2)16(11-25-5)14(20)4/h8,15,23H,6-7,9-11H2,1-5H3. The van der Waals surface area contributed by atoms with E-state index < -0.39 is 0 Å². The van der Waals surface area contributed by atoms with Gasteiger partial charge in [-0.15, -0.1) is 0 Å². The quantitative estimate of drug-likeness (QED) is 0.778. The molecule has 1 aliphatic rings. The van der Waals surface area contributed by atoms with E-state index in [2.05, 4.69) is 13.0 Å². The first-order valence-electron chi connectivity index (χ1n) is 8.88. The Bertz CT molecular complexity index is 728. The van der Waals surface area contributed by atoms with E-state index in [1.165, 1.54) is 5.56 Å². The summed E-state index contributed by atoms with van der Waals surface area (Å²) in [5.74, 6) is -0.616. The summed E-state index contributed by atoms with van der Waals surface area (Å²) in [4.78, 5) is 24.7. The minimum Gasteiger partial charge on any atom is -0.511 e. The van der Waals surface area contributed by atoms with Gasteiger partial charge in [-0.05, 0) is 60.9 Å². The SMILES string of the molecule is CCCC(=O)C1=C(O)CC(c2c(C)cc(C)c(COC)c2C)CC1=O. The van der Waals surface area contributed by atoms with Crippen molar-refractivity contribution in [3.63, 3.8) is 0 Å². The number of hydrogen-bond donors (Lipinski definition) is 1. The second-order valence-corrected chi connectivity index (χ2v) is 6.98. The fraction of sp³-hybridized carbons (Fsp3) is 0.524. The van der Waals surface area contributed by atoms with E-state index in [0.717, 1.165) is 22.3 Å². The molecule has 0 spiro atoms. The van der Waals surface area contributed by atoms with E-state index >= 15 is 0 Å². The summed E-state index contributed by atoms with van der Waals surface area (Å²) in [7, 11) is 1.67. The summed E-state index contributed by atoms with van der Waals surface area (Å²) in [6.45, 7) is 8.56. The van der Waals surface area contributed by atoms with E-state index in [9.17, 15) is 14.7 Å². The Kier molecular flexibility index (Phi) is 6.17. The van der Waals surface area contributed by atoms with Crippen LogP contribution in [0.4, 0.5) is 0 Å². The van der Waals surface area contributed by atoms with Crippen molar-refractivity contribution in [2.75, 3.05) is 7.11 Å². The van der Waals surface area contributed by atoms with Gasteiger partial charge in [0.05, 0.1) is 12.2 Å². The van der Waals surface area contributed by atoms with Crippen LogP contribution in [0.2, 0.25) is 0 Å². The van der Waals surface area contributed by atoms with E-state index in [4.69, 9.17) is 4.74 Å². The second kappa shape index (κ2) is 7.96. The Hall–Kier alpha value is -1.94. The highest BCUT2D eigenvalue weighted by Gasteiger charge is 2.33. The fourth-order valence-corrected chi connectivity index (χ4v) is 4.01. The Morgan fingerprint density at radius 1 is 1.24 bits per heavy atom. The summed E-state index contributed by atoms with van der Waals surface area (Å²) >= 11 is 0. The molecule has 0 bridgehead atoms. The lowest BCUT2D eigenvalue weighted by molar-refractivity contribution is -0.122. The molecule has 0 saturated heterocycles. The van der Waals surface area contributed by atoms with Crippen LogP contribution in [-0.2, 0) is 20.9 Å². The molecule has 0 amide bonds. The summed E-state index contributed by atoms with van der Waals surface area (Å²) in [5.41, 5.74) is 5.66. The van der Waals surface area contributed by atoms with Crippen LogP contribution >= 0.6 is 0 Å². The summed E-state index contributed by atoms with van der Waals surface area (Å²) in [6, 6.07) is 2.11. The average molecular weight is 344 g/mol. The zero-order valence-electron chi connectivity index (χ0n) is 15.9. The maximum atomic E-state index is 12.5.